The highest BCUT2D eigenvalue weighted by molar-refractivity contribution is 6.34. The Hall–Kier alpha value is -1.22. The molecule has 1 aromatic rings. The van der Waals surface area contributed by atoms with Gasteiger partial charge in [-0.2, -0.15) is 0 Å². The molecule has 1 aliphatic heterocycles. The molecule has 0 spiro atoms. The summed E-state index contributed by atoms with van der Waals surface area (Å²) in [7, 11) is 0. The third-order valence-corrected chi connectivity index (χ3v) is 3.39. The quantitative estimate of drug-likeness (QED) is 0.856. The van der Waals surface area contributed by atoms with Crippen LogP contribution in [0.3, 0.4) is 0 Å². The van der Waals surface area contributed by atoms with Crippen molar-refractivity contribution in [3.8, 4) is 0 Å². The summed E-state index contributed by atoms with van der Waals surface area (Å²) in [5.41, 5.74) is 1.82. The van der Waals surface area contributed by atoms with Crippen LogP contribution in [0.1, 0.15) is 12.8 Å². The molecule has 0 radical (unpaired) electrons. The van der Waals surface area contributed by atoms with Crippen molar-refractivity contribution in [2.24, 2.45) is 5.92 Å². The monoisotopic (exact) mass is 236 g/mol. The maximum atomic E-state index is 11.6. The lowest BCUT2D eigenvalue weighted by molar-refractivity contribution is -0.115. The van der Waals surface area contributed by atoms with Crippen molar-refractivity contribution in [2.45, 2.75) is 12.8 Å². The number of nitrogens with one attached hydrogen (secondary N) is 1. The molecule has 0 atom stereocenters. The van der Waals surface area contributed by atoms with Gasteiger partial charge in [0.1, 0.15) is 0 Å². The van der Waals surface area contributed by atoms with Gasteiger partial charge in [0.25, 0.3) is 0 Å². The number of amides is 1. The highest BCUT2D eigenvalue weighted by Crippen LogP contribution is 2.39. The summed E-state index contributed by atoms with van der Waals surface area (Å²) in [6.45, 7) is 1.37. The van der Waals surface area contributed by atoms with Gasteiger partial charge >= 0.3 is 0 Å². The number of nitrogens with zero attached hydrogens (tertiary/aromatic N) is 1. The second kappa shape index (κ2) is 3.67. The van der Waals surface area contributed by atoms with Crippen molar-refractivity contribution in [3.63, 3.8) is 0 Å². The number of halogens is 1. The van der Waals surface area contributed by atoms with Gasteiger partial charge in [-0.3, -0.25) is 4.79 Å². The molecule has 16 heavy (non-hydrogen) atoms. The van der Waals surface area contributed by atoms with Crippen LogP contribution < -0.4 is 10.2 Å². The van der Waals surface area contributed by atoms with E-state index in [4.69, 9.17) is 11.6 Å². The van der Waals surface area contributed by atoms with Crippen LogP contribution in [-0.2, 0) is 4.79 Å². The first-order chi connectivity index (χ1) is 7.74. The number of para-hydroxylation sites is 1. The SMILES string of the molecule is O=C1CN(CC2CC2)c2c(Cl)cccc2N1. The molecular formula is C12H13ClN2O. The zero-order chi connectivity index (χ0) is 11.1. The van der Waals surface area contributed by atoms with Crippen LogP contribution in [0.2, 0.25) is 5.02 Å². The van der Waals surface area contributed by atoms with Gasteiger partial charge in [-0.05, 0) is 30.9 Å². The topological polar surface area (TPSA) is 32.3 Å². The minimum absolute atomic E-state index is 0.0513. The van der Waals surface area contributed by atoms with E-state index in [1.807, 2.05) is 18.2 Å². The van der Waals surface area contributed by atoms with Crippen molar-refractivity contribution in [1.82, 2.24) is 0 Å². The van der Waals surface area contributed by atoms with Gasteiger partial charge in [-0.1, -0.05) is 17.7 Å². The summed E-state index contributed by atoms with van der Waals surface area (Å²) in [6, 6.07) is 5.64. The Bertz CT molecular complexity index is 443. The average molecular weight is 237 g/mol. The minimum atomic E-state index is 0.0513. The molecule has 4 heteroatoms. The first-order valence-electron chi connectivity index (χ1n) is 5.57. The van der Waals surface area contributed by atoms with E-state index in [0.717, 1.165) is 28.9 Å². The molecule has 0 aromatic heterocycles. The van der Waals surface area contributed by atoms with E-state index in [0.29, 0.717) is 6.54 Å². The normalized spacial score (nSPS) is 19.3. The smallest absolute Gasteiger partial charge is 0.243 e. The number of benzene rings is 1. The van der Waals surface area contributed by atoms with Crippen molar-refractivity contribution in [1.29, 1.82) is 0 Å². The molecule has 3 nitrogen and oxygen atoms in total. The van der Waals surface area contributed by atoms with E-state index in [-0.39, 0.29) is 5.91 Å². The molecule has 0 bridgehead atoms. The number of carbonyl (C=O) groups excluding carboxylic acids is 1. The first kappa shape index (κ1) is 9.97. The molecule has 0 unspecified atom stereocenters. The van der Waals surface area contributed by atoms with Crippen LogP contribution in [0.4, 0.5) is 11.4 Å². The number of rotatable bonds is 2. The summed E-state index contributed by atoms with van der Waals surface area (Å²) in [5, 5.41) is 3.58. The Balaban J connectivity index is 1.97. The molecular weight excluding hydrogens is 224 g/mol. The standard InChI is InChI=1S/C12H13ClN2O/c13-9-2-1-3-10-12(9)15(6-8-4-5-8)7-11(16)14-10/h1-3,8H,4-7H2,(H,14,16). The number of carbonyl (C=O) groups is 1. The molecule has 2 aliphatic rings. The molecule has 1 heterocycles. The zero-order valence-electron chi connectivity index (χ0n) is 8.87. The molecule has 1 fully saturated rings. The Morgan fingerprint density at radius 3 is 3.00 bits per heavy atom. The van der Waals surface area contributed by atoms with Crippen molar-refractivity contribution >= 4 is 28.9 Å². The van der Waals surface area contributed by atoms with Crippen LogP contribution in [0.25, 0.3) is 0 Å². The second-order valence-electron chi connectivity index (χ2n) is 4.51. The predicted octanol–water partition coefficient (Wildman–Crippen LogP) is 2.51. The third-order valence-electron chi connectivity index (χ3n) is 3.09. The Labute approximate surface area is 99.4 Å². The fourth-order valence-corrected chi connectivity index (χ4v) is 2.44. The van der Waals surface area contributed by atoms with Gasteiger partial charge in [0, 0.05) is 6.54 Å². The van der Waals surface area contributed by atoms with E-state index < -0.39 is 0 Å². The van der Waals surface area contributed by atoms with Crippen LogP contribution in [0.5, 0.6) is 0 Å². The van der Waals surface area contributed by atoms with E-state index in [2.05, 4.69) is 10.2 Å². The van der Waals surface area contributed by atoms with Gasteiger partial charge in [0.15, 0.2) is 0 Å². The molecule has 1 amide bonds. The van der Waals surface area contributed by atoms with E-state index in [1.165, 1.54) is 12.8 Å². The third kappa shape index (κ3) is 1.76. The second-order valence-corrected chi connectivity index (χ2v) is 4.92. The van der Waals surface area contributed by atoms with Gasteiger partial charge in [-0.15, -0.1) is 0 Å². The van der Waals surface area contributed by atoms with Gasteiger partial charge in [0.2, 0.25) is 5.91 Å². The molecule has 1 saturated carbocycles. The van der Waals surface area contributed by atoms with Crippen LogP contribution in [-0.4, -0.2) is 19.0 Å². The van der Waals surface area contributed by atoms with Crippen molar-refractivity contribution < 1.29 is 4.79 Å². The number of hydrogen-bond acceptors (Lipinski definition) is 2. The average Bonchev–Trinajstić information content (AvgIpc) is 3.01. The lowest BCUT2D eigenvalue weighted by Gasteiger charge is -2.31. The highest BCUT2D eigenvalue weighted by Gasteiger charge is 2.30. The maximum Gasteiger partial charge on any atom is 0.243 e. The van der Waals surface area contributed by atoms with Gasteiger partial charge in [-0.25, -0.2) is 0 Å². The highest BCUT2D eigenvalue weighted by atomic mass is 35.5. The first-order valence-corrected chi connectivity index (χ1v) is 5.95. The number of hydrogen-bond donors (Lipinski definition) is 1. The molecule has 1 aliphatic carbocycles. The molecule has 1 N–H and O–H groups in total. The fourth-order valence-electron chi connectivity index (χ4n) is 2.15. The lowest BCUT2D eigenvalue weighted by atomic mass is 10.2. The molecule has 0 saturated heterocycles. The predicted molar refractivity (Wildman–Crippen MR) is 65.0 cm³/mol. The minimum Gasteiger partial charge on any atom is -0.359 e. The summed E-state index contributed by atoms with van der Waals surface area (Å²) in [6.07, 6.45) is 2.55. The number of anilines is 2. The molecule has 3 rings (SSSR count). The maximum absolute atomic E-state index is 11.6. The van der Waals surface area contributed by atoms with Crippen molar-refractivity contribution in [3.05, 3.63) is 23.2 Å². The van der Waals surface area contributed by atoms with E-state index in [9.17, 15) is 4.79 Å². The zero-order valence-corrected chi connectivity index (χ0v) is 9.63. The summed E-state index contributed by atoms with van der Waals surface area (Å²) in [4.78, 5) is 13.7. The Kier molecular flexibility index (Phi) is 2.28. The lowest BCUT2D eigenvalue weighted by Crippen LogP contribution is -2.39. The Morgan fingerprint density at radius 2 is 2.25 bits per heavy atom. The van der Waals surface area contributed by atoms with E-state index in [1.54, 1.807) is 0 Å². The number of fused-ring (bicyclic) bond motifs is 1. The Morgan fingerprint density at radius 1 is 1.44 bits per heavy atom. The summed E-state index contributed by atoms with van der Waals surface area (Å²) < 4.78 is 0. The van der Waals surface area contributed by atoms with E-state index >= 15 is 0 Å². The van der Waals surface area contributed by atoms with Crippen molar-refractivity contribution in [2.75, 3.05) is 23.3 Å². The fraction of sp³-hybridized carbons (Fsp3) is 0.417. The largest absolute Gasteiger partial charge is 0.359 e. The molecule has 84 valence electrons. The molecule has 1 aromatic carbocycles. The van der Waals surface area contributed by atoms with Crippen LogP contribution in [0, 0.1) is 5.92 Å². The summed E-state index contributed by atoms with van der Waals surface area (Å²) >= 11 is 6.20. The van der Waals surface area contributed by atoms with Crippen LogP contribution >= 0.6 is 11.6 Å². The summed E-state index contributed by atoms with van der Waals surface area (Å²) in [5.74, 6) is 0.797. The van der Waals surface area contributed by atoms with Crippen LogP contribution in [0.15, 0.2) is 18.2 Å². The van der Waals surface area contributed by atoms with Gasteiger partial charge < -0.3 is 10.2 Å². The van der Waals surface area contributed by atoms with Gasteiger partial charge in [0.05, 0.1) is 22.9 Å².